The van der Waals surface area contributed by atoms with Crippen LogP contribution >= 0.6 is 0 Å². The molecule has 7 nitrogen and oxygen atoms in total. The summed E-state index contributed by atoms with van der Waals surface area (Å²) < 4.78 is 27.5. The van der Waals surface area contributed by atoms with E-state index in [9.17, 15) is 13.2 Å². The lowest BCUT2D eigenvalue weighted by Crippen LogP contribution is -2.28. The number of imidazole rings is 1. The number of aromatic nitrogens is 2. The standard InChI is InChI=1S/C12H21N3O4S/c1-4-7-15-9-11(13-10(15)2)20(18,19)14(3)8-5-6-12(16)17/h9H,4-8H2,1-3H3,(H,16,17). The Bertz CT molecular complexity index is 565. The number of hydrogen-bond donors (Lipinski definition) is 1. The highest BCUT2D eigenvalue weighted by Crippen LogP contribution is 2.15. The summed E-state index contributed by atoms with van der Waals surface area (Å²) >= 11 is 0. The summed E-state index contributed by atoms with van der Waals surface area (Å²) in [5.41, 5.74) is 0. The minimum Gasteiger partial charge on any atom is -0.481 e. The Kier molecular flexibility index (Phi) is 5.70. The van der Waals surface area contributed by atoms with Crippen molar-refractivity contribution >= 4 is 16.0 Å². The second kappa shape index (κ2) is 6.85. The number of rotatable bonds is 8. The van der Waals surface area contributed by atoms with Crippen molar-refractivity contribution in [3.05, 3.63) is 12.0 Å². The molecule has 1 aromatic rings. The molecule has 0 aliphatic heterocycles. The van der Waals surface area contributed by atoms with Gasteiger partial charge >= 0.3 is 5.97 Å². The highest BCUT2D eigenvalue weighted by molar-refractivity contribution is 7.89. The molecular formula is C12H21N3O4S. The Morgan fingerprint density at radius 3 is 2.70 bits per heavy atom. The minimum absolute atomic E-state index is 0.0151. The Balaban J connectivity index is 2.81. The quantitative estimate of drug-likeness (QED) is 0.776. The van der Waals surface area contributed by atoms with Crippen LogP contribution in [0.4, 0.5) is 0 Å². The van der Waals surface area contributed by atoms with Gasteiger partial charge in [0.1, 0.15) is 5.82 Å². The average molecular weight is 303 g/mol. The van der Waals surface area contributed by atoms with Gasteiger partial charge in [-0.3, -0.25) is 4.79 Å². The first kappa shape index (κ1) is 16.6. The van der Waals surface area contributed by atoms with E-state index in [0.717, 1.165) is 17.3 Å². The van der Waals surface area contributed by atoms with Gasteiger partial charge in [0.2, 0.25) is 0 Å². The number of carboxylic acid groups (broad SMARTS) is 1. The number of aryl methyl sites for hydroxylation is 2. The molecule has 0 unspecified atom stereocenters. The van der Waals surface area contributed by atoms with Crippen molar-refractivity contribution in [2.45, 2.75) is 44.7 Å². The van der Waals surface area contributed by atoms with Crippen LogP contribution in [0.5, 0.6) is 0 Å². The number of sulfonamides is 1. The van der Waals surface area contributed by atoms with Crippen molar-refractivity contribution in [3.8, 4) is 0 Å². The monoisotopic (exact) mass is 303 g/mol. The van der Waals surface area contributed by atoms with Gasteiger partial charge in [-0.1, -0.05) is 6.92 Å². The highest BCUT2D eigenvalue weighted by atomic mass is 32.2. The number of carboxylic acids is 1. The number of aliphatic carboxylic acids is 1. The van der Waals surface area contributed by atoms with Gasteiger partial charge in [0.15, 0.2) is 5.03 Å². The maximum absolute atomic E-state index is 12.3. The van der Waals surface area contributed by atoms with E-state index >= 15 is 0 Å². The van der Waals surface area contributed by atoms with E-state index in [4.69, 9.17) is 5.11 Å². The molecule has 0 radical (unpaired) electrons. The summed E-state index contributed by atoms with van der Waals surface area (Å²) in [5, 5.41) is 8.58. The average Bonchev–Trinajstić information content (AvgIpc) is 2.71. The Morgan fingerprint density at radius 2 is 2.15 bits per heavy atom. The van der Waals surface area contributed by atoms with Crippen molar-refractivity contribution in [1.82, 2.24) is 13.9 Å². The maximum Gasteiger partial charge on any atom is 0.303 e. The van der Waals surface area contributed by atoms with E-state index in [-0.39, 0.29) is 24.4 Å². The third kappa shape index (κ3) is 4.04. The number of carbonyl (C=O) groups is 1. The van der Waals surface area contributed by atoms with E-state index in [1.54, 1.807) is 11.5 Å². The Hall–Kier alpha value is -1.41. The van der Waals surface area contributed by atoms with Gasteiger partial charge in [0, 0.05) is 32.8 Å². The summed E-state index contributed by atoms with van der Waals surface area (Å²) in [6.45, 7) is 4.65. The zero-order chi connectivity index (χ0) is 15.3. The Labute approximate surface area is 119 Å². The molecule has 0 bridgehead atoms. The van der Waals surface area contributed by atoms with E-state index in [1.165, 1.54) is 13.2 Å². The lowest BCUT2D eigenvalue weighted by atomic mass is 10.3. The topological polar surface area (TPSA) is 92.5 Å². The SMILES string of the molecule is CCCn1cc(S(=O)(=O)N(C)CCCC(=O)O)nc1C. The normalized spacial score (nSPS) is 12.0. The number of nitrogens with zero attached hydrogens (tertiary/aromatic N) is 3. The number of hydrogen-bond acceptors (Lipinski definition) is 4. The zero-order valence-electron chi connectivity index (χ0n) is 12.0. The fourth-order valence-electron chi connectivity index (χ4n) is 1.80. The van der Waals surface area contributed by atoms with Gasteiger partial charge < -0.3 is 9.67 Å². The third-order valence-electron chi connectivity index (χ3n) is 2.96. The van der Waals surface area contributed by atoms with Crippen molar-refractivity contribution in [3.63, 3.8) is 0 Å². The smallest absolute Gasteiger partial charge is 0.303 e. The molecule has 1 rings (SSSR count). The molecule has 114 valence electrons. The van der Waals surface area contributed by atoms with Crippen LogP contribution in [-0.4, -0.2) is 46.9 Å². The molecule has 0 spiro atoms. The predicted molar refractivity (Wildman–Crippen MR) is 73.9 cm³/mol. The van der Waals surface area contributed by atoms with E-state index in [0.29, 0.717) is 5.82 Å². The van der Waals surface area contributed by atoms with Crippen LogP contribution in [-0.2, 0) is 21.4 Å². The highest BCUT2D eigenvalue weighted by Gasteiger charge is 2.24. The van der Waals surface area contributed by atoms with Gasteiger partial charge in [0.05, 0.1) is 0 Å². The second-order valence-electron chi connectivity index (χ2n) is 4.64. The molecule has 20 heavy (non-hydrogen) atoms. The lowest BCUT2D eigenvalue weighted by Gasteiger charge is -2.14. The van der Waals surface area contributed by atoms with Crippen LogP contribution in [0.25, 0.3) is 0 Å². The Morgan fingerprint density at radius 1 is 1.50 bits per heavy atom. The first-order valence-corrected chi connectivity index (χ1v) is 7.95. The summed E-state index contributed by atoms with van der Waals surface area (Å²) in [5.74, 6) is -0.275. The molecule has 0 saturated heterocycles. The van der Waals surface area contributed by atoms with E-state index < -0.39 is 16.0 Å². The van der Waals surface area contributed by atoms with Gasteiger partial charge in [-0.05, 0) is 19.8 Å². The zero-order valence-corrected chi connectivity index (χ0v) is 12.9. The van der Waals surface area contributed by atoms with Crippen molar-refractivity contribution in [1.29, 1.82) is 0 Å². The molecule has 0 aliphatic carbocycles. The molecule has 1 aromatic heterocycles. The van der Waals surface area contributed by atoms with Crippen molar-refractivity contribution < 1.29 is 18.3 Å². The second-order valence-corrected chi connectivity index (χ2v) is 6.64. The van der Waals surface area contributed by atoms with E-state index in [1.807, 2.05) is 6.92 Å². The van der Waals surface area contributed by atoms with Gasteiger partial charge in [0.25, 0.3) is 10.0 Å². The van der Waals surface area contributed by atoms with Gasteiger partial charge in [-0.2, -0.15) is 4.31 Å². The fourth-order valence-corrected chi connectivity index (χ4v) is 3.00. The van der Waals surface area contributed by atoms with Crippen LogP contribution in [0, 0.1) is 6.92 Å². The maximum atomic E-state index is 12.3. The minimum atomic E-state index is -3.65. The van der Waals surface area contributed by atoms with E-state index in [2.05, 4.69) is 4.98 Å². The third-order valence-corrected chi connectivity index (χ3v) is 4.69. The first-order chi connectivity index (χ1) is 9.28. The van der Waals surface area contributed by atoms with Crippen LogP contribution in [0.15, 0.2) is 11.2 Å². The van der Waals surface area contributed by atoms with Crippen LogP contribution in [0.2, 0.25) is 0 Å². The molecular weight excluding hydrogens is 282 g/mol. The van der Waals surface area contributed by atoms with Crippen LogP contribution in [0.3, 0.4) is 0 Å². The molecule has 0 aliphatic rings. The van der Waals surface area contributed by atoms with Gasteiger partial charge in [-0.25, -0.2) is 13.4 Å². The summed E-state index contributed by atoms with van der Waals surface area (Å²) in [7, 11) is -2.21. The predicted octanol–water partition coefficient (Wildman–Crippen LogP) is 1.09. The molecule has 0 fully saturated rings. The molecule has 8 heteroatoms. The summed E-state index contributed by atoms with van der Waals surface area (Å²) in [4.78, 5) is 14.5. The summed E-state index contributed by atoms with van der Waals surface area (Å²) in [6, 6.07) is 0. The molecule has 1 heterocycles. The van der Waals surface area contributed by atoms with Crippen molar-refractivity contribution in [2.75, 3.05) is 13.6 Å². The van der Waals surface area contributed by atoms with Crippen LogP contribution in [0.1, 0.15) is 32.0 Å². The molecule has 0 amide bonds. The molecule has 0 aromatic carbocycles. The molecule has 0 saturated carbocycles. The van der Waals surface area contributed by atoms with Crippen LogP contribution < -0.4 is 0 Å². The lowest BCUT2D eigenvalue weighted by molar-refractivity contribution is -0.137. The summed E-state index contributed by atoms with van der Waals surface area (Å²) in [6.07, 6.45) is 2.65. The largest absolute Gasteiger partial charge is 0.481 e. The molecule has 1 N–H and O–H groups in total. The first-order valence-electron chi connectivity index (χ1n) is 6.51. The fraction of sp³-hybridized carbons (Fsp3) is 0.667. The van der Waals surface area contributed by atoms with Crippen molar-refractivity contribution in [2.24, 2.45) is 0 Å². The molecule has 0 atom stereocenters. The van der Waals surface area contributed by atoms with Gasteiger partial charge in [-0.15, -0.1) is 0 Å².